The molecular weight excluding hydrogens is 505 g/mol. The van der Waals surface area contributed by atoms with Crippen molar-refractivity contribution in [2.75, 3.05) is 63.4 Å². The molecule has 1 aromatic heterocycles. The fourth-order valence-corrected chi connectivity index (χ4v) is 4.57. The Morgan fingerprint density at radius 3 is 2.71 bits per heavy atom. The molecule has 0 bridgehead atoms. The fourth-order valence-electron chi connectivity index (χ4n) is 4.57. The van der Waals surface area contributed by atoms with E-state index in [1.807, 2.05) is 25.1 Å². The number of pyridine rings is 1. The van der Waals surface area contributed by atoms with Gasteiger partial charge in [0.2, 0.25) is 5.88 Å². The molecular formula is C26H33F3N4O5. The Morgan fingerprint density at radius 1 is 1.24 bits per heavy atom. The largest absolute Gasteiger partial charge is 0.475 e. The van der Waals surface area contributed by atoms with Crippen LogP contribution in [0.2, 0.25) is 0 Å². The van der Waals surface area contributed by atoms with Crippen molar-refractivity contribution in [3.8, 4) is 17.0 Å². The molecule has 2 amide bonds. The Labute approximate surface area is 219 Å². The molecule has 12 heteroatoms. The van der Waals surface area contributed by atoms with Crippen LogP contribution in [0.3, 0.4) is 0 Å². The van der Waals surface area contributed by atoms with Crippen molar-refractivity contribution in [2.24, 2.45) is 0 Å². The quantitative estimate of drug-likeness (QED) is 0.553. The lowest BCUT2D eigenvalue weighted by Gasteiger charge is -2.36. The van der Waals surface area contributed by atoms with Gasteiger partial charge >= 0.3 is 12.2 Å². The van der Waals surface area contributed by atoms with Crippen LogP contribution >= 0.6 is 0 Å². The van der Waals surface area contributed by atoms with Crippen LogP contribution in [-0.2, 0) is 9.47 Å². The number of urea groups is 1. The summed E-state index contributed by atoms with van der Waals surface area (Å²) in [6.07, 6.45) is -6.32. The van der Waals surface area contributed by atoms with Crippen LogP contribution in [0.5, 0.6) is 5.88 Å². The highest BCUT2D eigenvalue weighted by molar-refractivity contribution is 5.90. The minimum Gasteiger partial charge on any atom is -0.475 e. The molecule has 2 unspecified atom stereocenters. The first-order valence-electron chi connectivity index (χ1n) is 12.6. The molecule has 2 fully saturated rings. The maximum absolute atomic E-state index is 13.1. The van der Waals surface area contributed by atoms with E-state index in [9.17, 15) is 23.1 Å². The number of benzene rings is 1. The highest BCUT2D eigenvalue weighted by atomic mass is 19.4. The van der Waals surface area contributed by atoms with Gasteiger partial charge in [0, 0.05) is 51.0 Å². The Balaban J connectivity index is 1.55. The number of aliphatic hydroxyl groups excluding tert-OH is 1. The number of aliphatic hydroxyl groups is 1. The van der Waals surface area contributed by atoms with Crippen LogP contribution in [0.15, 0.2) is 30.3 Å². The maximum atomic E-state index is 13.1. The van der Waals surface area contributed by atoms with Gasteiger partial charge in [0.15, 0.2) is 6.10 Å². The minimum atomic E-state index is -4.47. The van der Waals surface area contributed by atoms with E-state index in [0.717, 1.165) is 16.7 Å². The molecule has 2 atom stereocenters. The highest BCUT2D eigenvalue weighted by Crippen LogP contribution is 2.33. The first kappa shape index (κ1) is 27.9. The monoisotopic (exact) mass is 538 g/mol. The third kappa shape index (κ3) is 6.86. The zero-order chi connectivity index (χ0) is 27.3. The summed E-state index contributed by atoms with van der Waals surface area (Å²) in [4.78, 5) is 20.9. The second-order valence-corrected chi connectivity index (χ2v) is 9.37. The number of aryl methyl sites for hydroxylation is 1. The molecule has 2 saturated heterocycles. The van der Waals surface area contributed by atoms with Crippen LogP contribution in [0.4, 0.5) is 29.5 Å². The van der Waals surface area contributed by atoms with Gasteiger partial charge in [-0.25, -0.2) is 4.79 Å². The number of carbonyl (C=O) groups is 1. The Kier molecular flexibility index (Phi) is 8.95. The van der Waals surface area contributed by atoms with Crippen LogP contribution in [0.1, 0.15) is 18.4 Å². The van der Waals surface area contributed by atoms with E-state index >= 15 is 0 Å². The first-order chi connectivity index (χ1) is 18.2. The molecule has 2 aliphatic heterocycles. The first-order valence-corrected chi connectivity index (χ1v) is 12.6. The van der Waals surface area contributed by atoms with Crippen molar-refractivity contribution >= 4 is 17.5 Å². The average Bonchev–Trinajstić information content (AvgIpc) is 2.92. The van der Waals surface area contributed by atoms with E-state index in [1.54, 1.807) is 12.1 Å². The van der Waals surface area contributed by atoms with Crippen molar-refractivity contribution in [2.45, 2.75) is 38.1 Å². The molecule has 0 spiro atoms. The van der Waals surface area contributed by atoms with E-state index in [2.05, 4.69) is 15.2 Å². The van der Waals surface area contributed by atoms with E-state index in [0.29, 0.717) is 50.1 Å². The molecule has 0 saturated carbocycles. The summed E-state index contributed by atoms with van der Waals surface area (Å²) < 4.78 is 55.3. The zero-order valence-electron chi connectivity index (χ0n) is 21.5. The molecule has 208 valence electrons. The van der Waals surface area contributed by atoms with Gasteiger partial charge in [0.25, 0.3) is 0 Å². The smallest absolute Gasteiger partial charge is 0.414 e. The Bertz CT molecular complexity index is 1110. The normalized spacial score (nSPS) is 20.2. The number of alkyl halides is 3. The summed E-state index contributed by atoms with van der Waals surface area (Å²) in [6.45, 7) is 4.36. The summed E-state index contributed by atoms with van der Waals surface area (Å²) >= 11 is 0. The number of nitrogens with one attached hydrogen (secondary N) is 1. The number of hydrogen-bond donors (Lipinski definition) is 2. The number of rotatable bonds is 7. The standard InChI is InChI=1S/C26H33F3N4O5/c1-17-3-4-19(30-25(35)32(2)20-5-9-37-22(16-20)26(27,28)29)15-21(17)18-13-23(33-6-10-36-11-7-33)31-24(14-18)38-12-8-34/h3-4,13-15,20,22,34H,5-12,16H2,1-2H3,(H,30,35). The van der Waals surface area contributed by atoms with Gasteiger partial charge < -0.3 is 34.4 Å². The second-order valence-electron chi connectivity index (χ2n) is 9.37. The second kappa shape index (κ2) is 12.2. The molecule has 0 radical (unpaired) electrons. The lowest BCUT2D eigenvalue weighted by atomic mass is 10.00. The van der Waals surface area contributed by atoms with Crippen LogP contribution in [0, 0.1) is 6.92 Å². The number of halogens is 3. The highest BCUT2D eigenvalue weighted by Gasteiger charge is 2.45. The number of carbonyl (C=O) groups excluding carboxylic acids is 1. The molecule has 4 rings (SSSR count). The number of ether oxygens (including phenoxy) is 3. The van der Waals surface area contributed by atoms with Gasteiger partial charge in [-0.1, -0.05) is 6.07 Å². The van der Waals surface area contributed by atoms with Gasteiger partial charge in [0.05, 0.1) is 19.8 Å². The fraction of sp³-hybridized carbons (Fsp3) is 0.538. The molecule has 2 aliphatic rings. The number of amides is 2. The minimum absolute atomic E-state index is 0.0602. The molecule has 1 aromatic carbocycles. The van der Waals surface area contributed by atoms with Gasteiger partial charge in [0.1, 0.15) is 12.4 Å². The van der Waals surface area contributed by atoms with E-state index in [4.69, 9.17) is 14.2 Å². The third-order valence-electron chi connectivity index (χ3n) is 6.75. The van der Waals surface area contributed by atoms with Crippen LogP contribution < -0.4 is 15.0 Å². The van der Waals surface area contributed by atoms with Crippen LogP contribution in [-0.4, -0.2) is 92.5 Å². The molecule has 9 nitrogen and oxygen atoms in total. The summed E-state index contributed by atoms with van der Waals surface area (Å²) in [5, 5.41) is 12.0. The summed E-state index contributed by atoms with van der Waals surface area (Å²) in [6, 6.07) is 8.06. The Hall–Kier alpha value is -3.09. The number of hydrogen-bond acceptors (Lipinski definition) is 7. The van der Waals surface area contributed by atoms with Crippen molar-refractivity contribution < 1.29 is 37.3 Å². The summed E-state index contributed by atoms with van der Waals surface area (Å²) in [5.41, 5.74) is 3.10. The number of morpholine rings is 1. The van der Waals surface area contributed by atoms with E-state index in [-0.39, 0.29) is 26.2 Å². The molecule has 0 aliphatic carbocycles. The number of anilines is 2. The van der Waals surface area contributed by atoms with Crippen molar-refractivity contribution in [3.05, 3.63) is 35.9 Å². The third-order valence-corrected chi connectivity index (χ3v) is 6.75. The van der Waals surface area contributed by atoms with E-state index < -0.39 is 24.4 Å². The maximum Gasteiger partial charge on any atom is 0.414 e. The predicted molar refractivity (Wildman–Crippen MR) is 136 cm³/mol. The predicted octanol–water partition coefficient (Wildman–Crippen LogP) is 3.84. The van der Waals surface area contributed by atoms with Crippen molar-refractivity contribution in [3.63, 3.8) is 0 Å². The van der Waals surface area contributed by atoms with Crippen LogP contribution in [0.25, 0.3) is 11.1 Å². The lowest BCUT2D eigenvalue weighted by Crippen LogP contribution is -2.48. The van der Waals surface area contributed by atoms with E-state index in [1.165, 1.54) is 11.9 Å². The number of aromatic nitrogens is 1. The van der Waals surface area contributed by atoms with Gasteiger partial charge in [-0.05, 0) is 48.2 Å². The average molecular weight is 539 g/mol. The Morgan fingerprint density at radius 2 is 2.00 bits per heavy atom. The molecule has 2 N–H and O–H groups in total. The number of nitrogens with zero attached hydrogens (tertiary/aromatic N) is 3. The van der Waals surface area contributed by atoms with Gasteiger partial charge in [-0.2, -0.15) is 18.2 Å². The van der Waals surface area contributed by atoms with Crippen molar-refractivity contribution in [1.82, 2.24) is 9.88 Å². The van der Waals surface area contributed by atoms with Crippen molar-refractivity contribution in [1.29, 1.82) is 0 Å². The van der Waals surface area contributed by atoms with Gasteiger partial charge in [-0.15, -0.1) is 0 Å². The molecule has 3 heterocycles. The topological polar surface area (TPSA) is 96.4 Å². The summed E-state index contributed by atoms with van der Waals surface area (Å²) in [7, 11) is 1.50. The zero-order valence-corrected chi connectivity index (χ0v) is 21.5. The van der Waals surface area contributed by atoms with Gasteiger partial charge in [-0.3, -0.25) is 0 Å². The lowest BCUT2D eigenvalue weighted by molar-refractivity contribution is -0.235. The summed E-state index contributed by atoms with van der Waals surface area (Å²) in [5.74, 6) is 1.08. The molecule has 38 heavy (non-hydrogen) atoms. The SMILES string of the molecule is Cc1ccc(NC(=O)N(C)C2CCOC(C(F)(F)F)C2)cc1-c1cc(OCCO)nc(N2CCOCC2)c1. The molecule has 2 aromatic rings.